The number of aliphatic imine (C=N–C) groups is 1. The van der Waals surface area contributed by atoms with Crippen LogP contribution in [0, 0.1) is 5.92 Å². The van der Waals surface area contributed by atoms with Gasteiger partial charge >= 0.3 is 5.97 Å². The first kappa shape index (κ1) is 20.8. The van der Waals surface area contributed by atoms with E-state index in [1.807, 2.05) is 30.3 Å². The van der Waals surface area contributed by atoms with E-state index in [-0.39, 0.29) is 17.5 Å². The summed E-state index contributed by atoms with van der Waals surface area (Å²) < 4.78 is 10.6. The van der Waals surface area contributed by atoms with E-state index in [0.29, 0.717) is 35.4 Å². The number of phenols is 1. The summed E-state index contributed by atoms with van der Waals surface area (Å²) in [7, 11) is 2.95. The molecule has 6 nitrogen and oxygen atoms in total. The quantitative estimate of drug-likeness (QED) is 0.753. The van der Waals surface area contributed by atoms with Crippen LogP contribution in [-0.2, 0) is 14.3 Å². The second-order valence-corrected chi connectivity index (χ2v) is 7.96. The van der Waals surface area contributed by atoms with E-state index >= 15 is 0 Å². The maximum absolute atomic E-state index is 13.5. The number of ether oxygens (including phenoxy) is 2. The van der Waals surface area contributed by atoms with Crippen molar-refractivity contribution in [1.29, 1.82) is 0 Å². The molecular formula is C25H25NO5. The molecule has 1 heterocycles. The molecule has 1 aliphatic carbocycles. The van der Waals surface area contributed by atoms with Crippen LogP contribution in [0.1, 0.15) is 42.7 Å². The number of carbonyl (C=O) groups is 2. The van der Waals surface area contributed by atoms with Gasteiger partial charge < -0.3 is 14.6 Å². The molecule has 2 aromatic carbocycles. The summed E-state index contributed by atoms with van der Waals surface area (Å²) in [5.41, 5.74) is 3.51. The molecule has 0 bridgehead atoms. The van der Waals surface area contributed by atoms with Gasteiger partial charge in [-0.05, 0) is 42.7 Å². The molecule has 31 heavy (non-hydrogen) atoms. The maximum atomic E-state index is 13.5. The second kappa shape index (κ2) is 8.38. The van der Waals surface area contributed by atoms with E-state index in [9.17, 15) is 14.7 Å². The largest absolute Gasteiger partial charge is 0.508 e. The number of nitrogens with zero attached hydrogens (tertiary/aromatic N) is 1. The number of hydrogen-bond donors (Lipinski definition) is 1. The molecule has 0 radical (unpaired) electrons. The average molecular weight is 419 g/mol. The van der Waals surface area contributed by atoms with Crippen molar-refractivity contribution >= 4 is 17.5 Å². The number of Topliss-reactive ketones (excluding diaryl/α,β-unsaturated/α-hetero) is 1. The molecular weight excluding hydrogens is 394 g/mol. The molecule has 1 aliphatic heterocycles. The Hall–Kier alpha value is -3.41. The number of ketones is 1. The van der Waals surface area contributed by atoms with Crippen LogP contribution in [0.4, 0.5) is 0 Å². The number of benzene rings is 2. The number of rotatable bonds is 4. The average Bonchev–Trinajstić information content (AvgIpc) is 2.77. The molecule has 0 fully saturated rings. The van der Waals surface area contributed by atoms with E-state index in [0.717, 1.165) is 11.3 Å². The van der Waals surface area contributed by atoms with Gasteiger partial charge in [-0.2, -0.15) is 0 Å². The maximum Gasteiger partial charge on any atom is 0.315 e. The zero-order valence-corrected chi connectivity index (χ0v) is 17.8. The Morgan fingerprint density at radius 2 is 1.87 bits per heavy atom. The molecule has 6 heteroatoms. The molecule has 0 saturated heterocycles. The predicted molar refractivity (Wildman–Crippen MR) is 116 cm³/mol. The summed E-state index contributed by atoms with van der Waals surface area (Å²) >= 11 is 0. The molecule has 4 rings (SSSR count). The Bertz CT molecular complexity index is 1100. The van der Waals surface area contributed by atoms with Crippen LogP contribution in [0.15, 0.2) is 64.8 Å². The van der Waals surface area contributed by atoms with Crippen molar-refractivity contribution in [3.63, 3.8) is 0 Å². The number of methoxy groups -OCH3 is 2. The Labute approximate surface area is 181 Å². The summed E-state index contributed by atoms with van der Waals surface area (Å²) in [6, 6.07) is 14.4. The number of hydrogen-bond acceptors (Lipinski definition) is 6. The minimum atomic E-state index is -0.711. The minimum Gasteiger partial charge on any atom is -0.508 e. The normalized spacial score (nSPS) is 23.1. The second-order valence-electron chi connectivity index (χ2n) is 7.96. The Morgan fingerprint density at radius 3 is 2.58 bits per heavy atom. The van der Waals surface area contributed by atoms with Crippen LogP contribution in [0.2, 0.25) is 0 Å². The molecule has 160 valence electrons. The molecule has 3 atom stereocenters. The highest BCUT2D eigenvalue weighted by Gasteiger charge is 2.44. The number of aromatic hydroxyl groups is 1. The summed E-state index contributed by atoms with van der Waals surface area (Å²) in [6.45, 7) is 1.79. The molecule has 2 aliphatic rings. The molecule has 0 aromatic heterocycles. The van der Waals surface area contributed by atoms with E-state index in [1.165, 1.54) is 7.11 Å². The fourth-order valence-electron chi connectivity index (χ4n) is 4.79. The van der Waals surface area contributed by atoms with E-state index in [2.05, 4.69) is 0 Å². The highest BCUT2D eigenvalue weighted by molar-refractivity contribution is 6.09. The van der Waals surface area contributed by atoms with Gasteiger partial charge in [-0.15, -0.1) is 0 Å². The van der Waals surface area contributed by atoms with Gasteiger partial charge in [0, 0.05) is 35.2 Å². The van der Waals surface area contributed by atoms with E-state index in [4.69, 9.17) is 14.5 Å². The third kappa shape index (κ3) is 3.74. The van der Waals surface area contributed by atoms with Crippen LogP contribution in [-0.4, -0.2) is 36.8 Å². The summed E-state index contributed by atoms with van der Waals surface area (Å²) in [4.78, 5) is 30.8. The molecule has 2 aromatic rings. The number of para-hydroxylation sites is 1. The standard InChI is InChI=1S/C25H25NO5/c1-14-22(25(29)31-3)23(15-7-6-8-17(27)11-15)24-19(26-14)12-16(13-20(24)28)18-9-4-5-10-21(18)30-2/h4-11,16,22-23,27H,12-13H2,1-3H3/t16-,22?,23-/m0/s1. The van der Waals surface area contributed by atoms with Gasteiger partial charge in [0.25, 0.3) is 0 Å². The van der Waals surface area contributed by atoms with Gasteiger partial charge in [-0.3, -0.25) is 14.6 Å². The third-order valence-electron chi connectivity index (χ3n) is 6.15. The predicted octanol–water partition coefficient (Wildman–Crippen LogP) is 4.15. The van der Waals surface area contributed by atoms with Crippen LogP contribution in [0.5, 0.6) is 11.5 Å². The summed E-state index contributed by atoms with van der Waals surface area (Å²) in [5, 5.41) is 10.0. The first-order valence-corrected chi connectivity index (χ1v) is 10.3. The van der Waals surface area contributed by atoms with Crippen LogP contribution < -0.4 is 4.74 Å². The Balaban J connectivity index is 1.83. The lowest BCUT2D eigenvalue weighted by atomic mass is 9.69. The van der Waals surface area contributed by atoms with Gasteiger partial charge in [0.2, 0.25) is 0 Å². The van der Waals surface area contributed by atoms with Crippen LogP contribution in [0.25, 0.3) is 0 Å². The monoisotopic (exact) mass is 419 g/mol. The SMILES string of the molecule is COC(=O)C1C(C)=NC2=C(C(=O)C[C@@H](c3ccccc3OC)C2)[C@H]1c1cccc(O)c1. The number of allylic oxidation sites excluding steroid dienone is 2. The lowest BCUT2D eigenvalue weighted by Gasteiger charge is -2.36. The van der Waals surface area contributed by atoms with E-state index in [1.54, 1.807) is 32.2 Å². The fourth-order valence-corrected chi connectivity index (χ4v) is 4.79. The topological polar surface area (TPSA) is 85.2 Å². The zero-order valence-electron chi connectivity index (χ0n) is 17.8. The molecule has 1 N–H and O–H groups in total. The highest BCUT2D eigenvalue weighted by Crippen LogP contribution is 2.48. The van der Waals surface area contributed by atoms with Gasteiger partial charge in [0.05, 0.1) is 14.2 Å². The molecule has 0 saturated carbocycles. The Kier molecular flexibility index (Phi) is 5.63. The summed E-state index contributed by atoms with van der Waals surface area (Å²) in [6.07, 6.45) is 0.874. The van der Waals surface area contributed by atoms with Crippen molar-refractivity contribution in [1.82, 2.24) is 0 Å². The number of carbonyl (C=O) groups excluding carboxylic acids is 2. The Morgan fingerprint density at radius 1 is 1.10 bits per heavy atom. The minimum absolute atomic E-state index is 0.0457. The molecule has 0 amide bonds. The van der Waals surface area contributed by atoms with E-state index < -0.39 is 17.8 Å². The smallest absolute Gasteiger partial charge is 0.315 e. The highest BCUT2D eigenvalue weighted by atomic mass is 16.5. The number of esters is 1. The fraction of sp³-hybridized carbons (Fsp3) is 0.320. The first-order valence-electron chi connectivity index (χ1n) is 10.3. The number of phenolic OH excluding ortho intramolecular Hbond substituents is 1. The first-order chi connectivity index (χ1) is 14.9. The molecule has 1 unspecified atom stereocenters. The van der Waals surface area contributed by atoms with Crippen molar-refractivity contribution in [2.75, 3.05) is 14.2 Å². The molecule has 0 spiro atoms. The van der Waals surface area contributed by atoms with Gasteiger partial charge in [0.1, 0.15) is 17.4 Å². The van der Waals surface area contributed by atoms with Crippen molar-refractivity contribution in [2.24, 2.45) is 10.9 Å². The van der Waals surface area contributed by atoms with Crippen molar-refractivity contribution in [3.05, 3.63) is 70.9 Å². The van der Waals surface area contributed by atoms with Gasteiger partial charge in [0.15, 0.2) is 5.78 Å². The van der Waals surface area contributed by atoms with Crippen molar-refractivity contribution < 1.29 is 24.2 Å². The van der Waals surface area contributed by atoms with Gasteiger partial charge in [-0.25, -0.2) is 0 Å². The van der Waals surface area contributed by atoms with Crippen LogP contribution >= 0.6 is 0 Å². The van der Waals surface area contributed by atoms with Crippen molar-refractivity contribution in [3.8, 4) is 11.5 Å². The van der Waals surface area contributed by atoms with Gasteiger partial charge in [-0.1, -0.05) is 30.3 Å². The summed E-state index contributed by atoms with van der Waals surface area (Å²) in [5.74, 6) is -0.971. The lowest BCUT2D eigenvalue weighted by molar-refractivity contribution is -0.143. The zero-order chi connectivity index (χ0) is 22.1. The van der Waals surface area contributed by atoms with Crippen LogP contribution in [0.3, 0.4) is 0 Å². The lowest BCUT2D eigenvalue weighted by Crippen LogP contribution is -2.37. The van der Waals surface area contributed by atoms with Crippen molar-refractivity contribution in [2.45, 2.75) is 31.6 Å². The third-order valence-corrected chi connectivity index (χ3v) is 6.15.